The number of para-hydroxylation sites is 1. The summed E-state index contributed by atoms with van der Waals surface area (Å²) in [6.45, 7) is 1.32. The van der Waals surface area contributed by atoms with Gasteiger partial charge in [-0.1, -0.05) is 24.6 Å². The van der Waals surface area contributed by atoms with E-state index in [0.717, 1.165) is 24.8 Å². The number of nitrogens with zero attached hydrogens (tertiary/aromatic N) is 1. The lowest BCUT2D eigenvalue weighted by molar-refractivity contribution is -0.131. The summed E-state index contributed by atoms with van der Waals surface area (Å²) in [4.78, 5) is 17.2. The molecule has 0 aliphatic carbocycles. The minimum absolute atomic E-state index is 0.0110. The molecule has 2 aromatic rings. The number of carbonyl (C=O) groups excluding carboxylic acids is 1. The van der Waals surface area contributed by atoms with Crippen molar-refractivity contribution in [2.75, 3.05) is 20.1 Å². The summed E-state index contributed by atoms with van der Waals surface area (Å²) in [6.07, 6.45) is 5.36. The molecule has 0 saturated heterocycles. The number of nitrogens with two attached hydrogens (primary N) is 2. The number of likely N-dealkylation sites (N-methyl/N-ethyl adjacent to an activating group) is 1. The fraction of sp³-hybridized carbons (Fsp3) is 0.471. The average Bonchev–Trinajstić information content (AvgIpc) is 2.95. The van der Waals surface area contributed by atoms with E-state index in [4.69, 9.17) is 11.5 Å². The lowest BCUT2D eigenvalue weighted by Crippen LogP contribution is -2.42. The Balaban J connectivity index is 1.86. The maximum Gasteiger partial charge on any atom is 0.239 e. The van der Waals surface area contributed by atoms with Crippen LogP contribution in [0.15, 0.2) is 30.5 Å². The van der Waals surface area contributed by atoms with Crippen LogP contribution in [0.5, 0.6) is 0 Å². The quantitative estimate of drug-likeness (QED) is 0.648. The molecule has 0 bridgehead atoms. The minimum atomic E-state index is -0.417. The van der Waals surface area contributed by atoms with Crippen LogP contribution in [0.2, 0.25) is 0 Å². The predicted molar refractivity (Wildman–Crippen MR) is 90.5 cm³/mol. The number of hydrogen-bond donors (Lipinski definition) is 3. The van der Waals surface area contributed by atoms with Crippen molar-refractivity contribution in [2.45, 2.75) is 31.7 Å². The van der Waals surface area contributed by atoms with Gasteiger partial charge in [0.25, 0.3) is 0 Å². The number of aromatic amines is 1. The fourth-order valence-electron chi connectivity index (χ4n) is 2.65. The number of fused-ring (bicyclic) bond motifs is 1. The van der Waals surface area contributed by atoms with Crippen LogP contribution in [0, 0.1) is 0 Å². The highest BCUT2D eigenvalue weighted by Crippen LogP contribution is 2.18. The molecule has 0 radical (unpaired) electrons. The number of carbonyl (C=O) groups is 1. The third-order valence-corrected chi connectivity index (χ3v) is 4.05. The molecule has 120 valence electrons. The molecule has 1 amide bonds. The Labute approximate surface area is 131 Å². The largest absolute Gasteiger partial charge is 0.361 e. The molecular weight excluding hydrogens is 276 g/mol. The molecule has 1 aromatic heterocycles. The first kappa shape index (κ1) is 16.5. The second-order valence-corrected chi connectivity index (χ2v) is 5.76. The van der Waals surface area contributed by atoms with Crippen LogP contribution in [0.25, 0.3) is 10.9 Å². The summed E-state index contributed by atoms with van der Waals surface area (Å²) < 4.78 is 0. The molecule has 0 fully saturated rings. The van der Waals surface area contributed by atoms with Crippen LogP contribution in [0.1, 0.15) is 24.8 Å². The molecule has 0 aliphatic rings. The Bertz CT molecular complexity index is 607. The number of nitrogens with one attached hydrogen (secondary N) is 1. The zero-order valence-electron chi connectivity index (χ0n) is 13.2. The highest BCUT2D eigenvalue weighted by Gasteiger charge is 2.17. The van der Waals surface area contributed by atoms with Crippen molar-refractivity contribution in [1.82, 2.24) is 9.88 Å². The fourth-order valence-corrected chi connectivity index (χ4v) is 2.65. The first-order valence-corrected chi connectivity index (χ1v) is 7.89. The molecule has 5 heteroatoms. The van der Waals surface area contributed by atoms with Gasteiger partial charge in [0.2, 0.25) is 5.91 Å². The van der Waals surface area contributed by atoms with E-state index < -0.39 is 6.04 Å². The van der Waals surface area contributed by atoms with E-state index in [1.807, 2.05) is 25.4 Å². The zero-order chi connectivity index (χ0) is 15.9. The Morgan fingerprint density at radius 2 is 2.09 bits per heavy atom. The highest BCUT2D eigenvalue weighted by molar-refractivity contribution is 5.83. The van der Waals surface area contributed by atoms with Crippen molar-refractivity contribution in [1.29, 1.82) is 0 Å². The van der Waals surface area contributed by atoms with Gasteiger partial charge in [-0.3, -0.25) is 4.79 Å². The lowest BCUT2D eigenvalue weighted by Gasteiger charge is -2.21. The summed E-state index contributed by atoms with van der Waals surface area (Å²) >= 11 is 0. The Morgan fingerprint density at radius 1 is 1.32 bits per heavy atom. The van der Waals surface area contributed by atoms with Crippen LogP contribution in [-0.2, 0) is 11.2 Å². The van der Waals surface area contributed by atoms with E-state index >= 15 is 0 Å². The zero-order valence-corrected chi connectivity index (χ0v) is 13.2. The van der Waals surface area contributed by atoms with Crippen molar-refractivity contribution in [3.63, 3.8) is 0 Å². The van der Waals surface area contributed by atoms with E-state index in [-0.39, 0.29) is 5.91 Å². The number of aromatic nitrogens is 1. The first-order valence-electron chi connectivity index (χ1n) is 7.89. The standard InChI is InChI=1S/C17H26N4O/c1-21(17(22)15(19)7-4-5-10-18)11-9-13-12-20-16-8-3-2-6-14(13)16/h2-3,6,8,12,15,20H,4-5,7,9-11,18-19H2,1H3. The third kappa shape index (κ3) is 4.08. The van der Waals surface area contributed by atoms with E-state index in [9.17, 15) is 4.79 Å². The Kier molecular flexibility index (Phi) is 5.98. The third-order valence-electron chi connectivity index (χ3n) is 4.05. The topological polar surface area (TPSA) is 88.1 Å². The van der Waals surface area contributed by atoms with Gasteiger partial charge in [-0.2, -0.15) is 0 Å². The van der Waals surface area contributed by atoms with Gasteiger partial charge in [0.1, 0.15) is 0 Å². The van der Waals surface area contributed by atoms with Gasteiger partial charge in [0.05, 0.1) is 6.04 Å². The van der Waals surface area contributed by atoms with E-state index in [1.165, 1.54) is 10.9 Å². The molecule has 5 nitrogen and oxygen atoms in total. The van der Waals surface area contributed by atoms with Gasteiger partial charge in [-0.15, -0.1) is 0 Å². The normalized spacial score (nSPS) is 12.5. The Morgan fingerprint density at radius 3 is 2.86 bits per heavy atom. The second kappa shape index (κ2) is 7.96. The monoisotopic (exact) mass is 302 g/mol. The van der Waals surface area contributed by atoms with Gasteiger partial charge in [-0.25, -0.2) is 0 Å². The van der Waals surface area contributed by atoms with E-state index in [0.29, 0.717) is 19.5 Å². The molecule has 1 atom stereocenters. The summed E-state index contributed by atoms with van der Waals surface area (Å²) in [5.41, 5.74) is 13.8. The van der Waals surface area contributed by atoms with Crippen LogP contribution in [0.4, 0.5) is 0 Å². The summed E-state index contributed by atoms with van der Waals surface area (Å²) in [5.74, 6) is 0.0110. The van der Waals surface area contributed by atoms with Gasteiger partial charge in [-0.05, 0) is 37.4 Å². The van der Waals surface area contributed by atoms with Gasteiger partial charge in [0, 0.05) is 30.7 Å². The average molecular weight is 302 g/mol. The molecule has 5 N–H and O–H groups in total. The van der Waals surface area contributed by atoms with Gasteiger partial charge in [0.15, 0.2) is 0 Å². The molecule has 1 heterocycles. The number of benzene rings is 1. The van der Waals surface area contributed by atoms with E-state index in [2.05, 4.69) is 17.1 Å². The van der Waals surface area contributed by atoms with Crippen LogP contribution in [0.3, 0.4) is 0 Å². The highest BCUT2D eigenvalue weighted by atomic mass is 16.2. The number of H-pyrrole nitrogens is 1. The molecule has 22 heavy (non-hydrogen) atoms. The summed E-state index contributed by atoms with van der Waals surface area (Å²) in [6, 6.07) is 7.78. The molecule has 0 aliphatic heterocycles. The van der Waals surface area contributed by atoms with Crippen molar-refractivity contribution in [3.05, 3.63) is 36.0 Å². The molecule has 0 saturated carbocycles. The number of unbranched alkanes of at least 4 members (excludes halogenated alkanes) is 1. The molecule has 2 rings (SSSR count). The predicted octanol–water partition coefficient (Wildman–Crippen LogP) is 1.63. The number of hydrogen-bond acceptors (Lipinski definition) is 3. The van der Waals surface area contributed by atoms with Gasteiger partial charge < -0.3 is 21.4 Å². The van der Waals surface area contributed by atoms with Gasteiger partial charge >= 0.3 is 0 Å². The van der Waals surface area contributed by atoms with Crippen molar-refractivity contribution >= 4 is 16.8 Å². The number of amides is 1. The van der Waals surface area contributed by atoms with Crippen LogP contribution >= 0.6 is 0 Å². The minimum Gasteiger partial charge on any atom is -0.361 e. The number of rotatable bonds is 8. The SMILES string of the molecule is CN(CCc1c[nH]c2ccccc12)C(=O)C(N)CCCCN. The van der Waals surface area contributed by atoms with Crippen molar-refractivity contribution < 1.29 is 4.79 Å². The summed E-state index contributed by atoms with van der Waals surface area (Å²) in [5, 5.41) is 1.22. The Hall–Kier alpha value is -1.85. The van der Waals surface area contributed by atoms with Crippen LogP contribution in [-0.4, -0.2) is 42.0 Å². The molecule has 1 unspecified atom stereocenters. The second-order valence-electron chi connectivity index (χ2n) is 5.76. The maximum absolute atomic E-state index is 12.2. The maximum atomic E-state index is 12.2. The molecular formula is C17H26N4O. The smallest absolute Gasteiger partial charge is 0.239 e. The van der Waals surface area contributed by atoms with Crippen molar-refractivity contribution in [2.24, 2.45) is 11.5 Å². The van der Waals surface area contributed by atoms with Crippen LogP contribution < -0.4 is 11.5 Å². The molecule has 0 spiro atoms. The summed E-state index contributed by atoms with van der Waals surface area (Å²) in [7, 11) is 1.82. The lowest BCUT2D eigenvalue weighted by atomic mass is 10.1. The van der Waals surface area contributed by atoms with Crippen molar-refractivity contribution in [3.8, 4) is 0 Å². The first-order chi connectivity index (χ1) is 10.6. The molecule has 1 aromatic carbocycles. The van der Waals surface area contributed by atoms with E-state index in [1.54, 1.807) is 4.90 Å².